The monoisotopic (exact) mass is 1980 g/mol. The maximum atomic E-state index is 8.76. The lowest BCUT2D eigenvalue weighted by molar-refractivity contribution is -0.665. The topological polar surface area (TPSA) is 19.4 Å². The van der Waals surface area contributed by atoms with Crippen LogP contribution in [0.5, 0.6) is 0 Å². The van der Waals surface area contributed by atoms with Gasteiger partial charge in [0.25, 0.3) is 0 Å². The van der Waals surface area contributed by atoms with Gasteiger partial charge in [-0.1, -0.05) is 202 Å². The van der Waals surface area contributed by atoms with Crippen molar-refractivity contribution >= 4 is 53.9 Å². The molecule has 5 aromatic heterocycles. The van der Waals surface area contributed by atoms with Crippen LogP contribution in [-0.2, 0) is 40.7 Å². The second-order valence-corrected chi connectivity index (χ2v) is 52.5. The highest BCUT2D eigenvalue weighted by Gasteiger charge is 2.46. The molecular weight excluding hydrogens is 1800 g/mol. The Balaban J connectivity index is 0.000000106. The van der Waals surface area contributed by atoms with Gasteiger partial charge in [-0.15, -0.1) is 0 Å². The minimum Gasteiger partial charge on any atom is -0.200 e. The summed E-state index contributed by atoms with van der Waals surface area (Å²) in [4.78, 5) is 0. The first-order valence-corrected chi connectivity index (χ1v) is 59.0. The molecule has 11 aliphatic rings. The molecule has 15 atom stereocenters. The number of aromatic nitrogens is 5. The van der Waals surface area contributed by atoms with E-state index >= 15 is 0 Å². The lowest BCUT2D eigenvalue weighted by Gasteiger charge is -2.23. The van der Waals surface area contributed by atoms with Crippen LogP contribution < -0.4 is 22.8 Å². The van der Waals surface area contributed by atoms with E-state index in [-0.39, 0.29) is 5.41 Å². The average Bonchev–Trinajstić information content (AvgIpc) is 0.915. The van der Waals surface area contributed by atoms with Crippen molar-refractivity contribution in [2.45, 2.75) is 352 Å². The second-order valence-electron chi connectivity index (χ2n) is 52.5. The minimum absolute atomic E-state index is 0.139. The summed E-state index contributed by atoms with van der Waals surface area (Å²) < 4.78 is 20.4. The van der Waals surface area contributed by atoms with E-state index < -0.39 is 0 Å². The van der Waals surface area contributed by atoms with E-state index in [0.717, 1.165) is 94.7 Å². The molecule has 149 heavy (non-hydrogen) atoms. The molecule has 0 amide bonds. The highest BCUT2D eigenvalue weighted by Crippen LogP contribution is 2.59. The number of pyridine rings is 5. The third-order valence-electron chi connectivity index (χ3n) is 41.4. The highest BCUT2D eigenvalue weighted by atomic mass is 15.0. The molecule has 0 saturated heterocycles. The Hall–Kier alpha value is -10.8. The number of rotatable bonds is 13. The van der Waals surface area contributed by atoms with Gasteiger partial charge in [0.05, 0.1) is 49.2 Å². The largest absolute Gasteiger partial charge is 0.220 e. The fraction of sp³-hybridized carbons (Fsp3) is 0.479. The first kappa shape index (κ1) is 101. The number of aryl methyl sites for hydroxylation is 10. The SMILES string of the molecule is Cc1cc(C(C)(C)C)cc(-c2c3ccc(C4CC5CCC4C5)cc3cc(C)[n+]2C)c1C.Cc1cc(C)c(C)c(-c2c3ccc(C4CC5CCC4C5)cc3cc(C)[n+]2C)c1.Cc1cc(C2CCCC2)cc(-c2c3ccc(C4CC5CCC4C5)cc3cc(C)[n+]2C)c1C.Cc1ccc(C)c(-c2c3ccc(C4CC5CCC4C5)cc3cc(C)[n+]2C)c1.[2H]c1cc2cc(C3CC4CCC3C4)ccc2c(-c2cc(C(C)C)cc(C(C)C)c2C)[n+]1C. The smallest absolute Gasteiger partial charge is 0.200 e. The standard InChI is InChI=1S/C31H38N.2C30H38N.C27H32N.C26H30N/c1-19-13-26(23-7-5-6-8-23)18-29(21(19)3)31-28-12-11-25(17-27(28)14-20(2)32(31)4)30-16-22-9-10-24(30)15-22;1-18-12-25(30(4,5)6)17-27(20(18)3)29-26-11-10-23(16-24(26)13-19(2)31(29)7)28-15-21-8-9-22(28)14-21;1-18(2)25-16-27(19(3)4)20(5)28(17-25)30-26-10-9-23(15-24(26)11-12-31(30)6)29-14-21-7-8-22(29)13-21;1-16-10-17(2)19(4)25(11-16)27-24-9-8-22(15-23(24)12-18(3)28(27)5)26-14-20-6-7-21(26)13-20;1-16-5-6-17(2)24(11-16)26-23-10-9-21(15-22(23)12-18(3)27(26)4)25-14-19-7-8-20(25)13-19/h11-14,17-18,22-24,30H,5-10,15-16H2,1-4H3;10-13,16-17,21-22,28H,8-9,14-15H2,1-7H3;9-12,15-19,21-22,29H,7-8,13-14H2,1-6H3;8-12,15,20-21,26H,6-7,13-14H2,1-5H3;5-6,9-12,15,19-20,25H,7-8,13-14H2,1-4H3/q5*+1/i;;12D;;. The highest BCUT2D eigenvalue weighted by molar-refractivity contribution is 5.99. The van der Waals surface area contributed by atoms with Crippen LogP contribution in [0.2, 0.25) is 0 Å². The summed E-state index contributed by atoms with van der Waals surface area (Å²) in [6.45, 7) is 47.7. The molecule has 11 saturated carbocycles. The number of hydrogen-bond donors (Lipinski definition) is 0. The molecule has 15 unspecified atom stereocenters. The van der Waals surface area contributed by atoms with Gasteiger partial charge in [0.2, 0.25) is 28.5 Å². The van der Waals surface area contributed by atoms with E-state index in [0.29, 0.717) is 18.0 Å². The molecule has 15 aromatic rings. The fourth-order valence-electron chi connectivity index (χ4n) is 32.1. The van der Waals surface area contributed by atoms with Crippen molar-refractivity contribution in [1.29, 1.82) is 0 Å². The van der Waals surface area contributed by atoms with Gasteiger partial charge >= 0.3 is 0 Å². The molecule has 11 aliphatic carbocycles. The minimum atomic E-state index is 0.139. The summed E-state index contributed by atoms with van der Waals surface area (Å²) in [5, 5.41) is 13.7. The van der Waals surface area contributed by atoms with Crippen LogP contribution >= 0.6 is 0 Å². The van der Waals surface area contributed by atoms with Crippen molar-refractivity contribution in [3.8, 4) is 56.3 Å². The van der Waals surface area contributed by atoms with Crippen molar-refractivity contribution in [3.05, 3.63) is 323 Å². The van der Waals surface area contributed by atoms with Crippen LogP contribution in [0, 0.1) is 156 Å². The summed E-state index contributed by atoms with van der Waals surface area (Å²) in [6.07, 6.45) is 34.9. The van der Waals surface area contributed by atoms with Gasteiger partial charge in [-0.25, -0.2) is 4.57 Å². The van der Waals surface area contributed by atoms with Gasteiger partial charge < -0.3 is 0 Å². The fourth-order valence-corrected chi connectivity index (χ4v) is 32.1. The van der Waals surface area contributed by atoms with Crippen molar-refractivity contribution in [2.75, 3.05) is 0 Å². The predicted octanol–water partition coefficient (Wildman–Crippen LogP) is 35.7. The molecule has 11 fully saturated rings. The molecule has 10 aromatic carbocycles. The average molecular weight is 1980 g/mol. The third-order valence-corrected chi connectivity index (χ3v) is 41.4. The number of benzene rings is 10. The summed E-state index contributed by atoms with van der Waals surface area (Å²) in [5.41, 5.74) is 46.4. The summed E-state index contributed by atoms with van der Waals surface area (Å²) >= 11 is 0. The summed E-state index contributed by atoms with van der Waals surface area (Å²) in [7, 11) is 11.0. The Kier molecular flexibility index (Phi) is 27.9. The maximum absolute atomic E-state index is 8.76. The van der Waals surface area contributed by atoms with Crippen LogP contribution in [0.15, 0.2) is 194 Å². The lowest BCUT2D eigenvalue weighted by Crippen LogP contribution is -2.35. The van der Waals surface area contributed by atoms with Crippen molar-refractivity contribution in [2.24, 2.45) is 94.4 Å². The number of nitrogens with zero attached hydrogens (tertiary/aromatic N) is 5. The van der Waals surface area contributed by atoms with Crippen LogP contribution in [0.25, 0.3) is 110 Å². The van der Waals surface area contributed by atoms with E-state index in [1.54, 1.807) is 27.8 Å². The molecule has 0 spiro atoms. The Morgan fingerprint density at radius 1 is 0.268 bits per heavy atom. The molecular formula is C144H176N5+5. The van der Waals surface area contributed by atoms with Crippen LogP contribution in [-0.4, -0.2) is 0 Å². The maximum Gasteiger partial charge on any atom is 0.220 e. The number of fused-ring (bicyclic) bond motifs is 15. The van der Waals surface area contributed by atoms with Crippen LogP contribution in [0.1, 0.15) is 380 Å². The lowest BCUT2D eigenvalue weighted by atomic mass is 9.81. The van der Waals surface area contributed by atoms with Gasteiger partial charge in [-0.2, -0.15) is 18.3 Å². The quantitative estimate of drug-likeness (QED) is 0.103. The molecule has 0 N–H and O–H groups in total. The zero-order chi connectivity index (χ0) is 105. The first-order chi connectivity index (χ1) is 71.8. The van der Waals surface area contributed by atoms with E-state index in [1.807, 2.05) is 0 Å². The van der Waals surface area contributed by atoms with Crippen molar-refractivity contribution in [3.63, 3.8) is 0 Å². The van der Waals surface area contributed by atoms with Gasteiger partial charge in [-0.3, -0.25) is 0 Å². The summed E-state index contributed by atoms with van der Waals surface area (Å²) in [5.74, 6) is 15.2. The predicted molar refractivity (Wildman–Crippen MR) is 628 cm³/mol. The Morgan fingerprint density at radius 2 is 0.604 bits per heavy atom. The van der Waals surface area contributed by atoms with E-state index in [9.17, 15) is 0 Å². The van der Waals surface area contributed by atoms with Crippen molar-refractivity contribution in [1.82, 2.24) is 0 Å². The molecule has 772 valence electrons. The number of hydrogen-bond acceptors (Lipinski definition) is 0. The Bertz CT molecular complexity index is 7830. The zero-order valence-corrected chi connectivity index (χ0v) is 96.0. The second kappa shape index (κ2) is 41.0. The van der Waals surface area contributed by atoms with Gasteiger partial charge in [-0.05, 0) is 473 Å². The van der Waals surface area contributed by atoms with Crippen molar-refractivity contribution < 1.29 is 24.2 Å². The normalized spacial score (nSPS) is 23.9. The molecule has 5 nitrogen and oxygen atoms in total. The molecule has 10 bridgehead atoms. The van der Waals surface area contributed by atoms with Gasteiger partial charge in [0.1, 0.15) is 36.6 Å². The molecule has 5 heterocycles. The van der Waals surface area contributed by atoms with E-state index in [1.165, 1.54) is 365 Å². The molecule has 26 rings (SSSR count). The molecule has 0 aliphatic heterocycles. The van der Waals surface area contributed by atoms with E-state index in [2.05, 4.69) is 392 Å². The first-order valence-electron chi connectivity index (χ1n) is 59.5. The Labute approximate surface area is 897 Å². The molecule has 0 radical (unpaired) electrons. The van der Waals surface area contributed by atoms with Gasteiger partial charge in [0.15, 0.2) is 28.9 Å². The third kappa shape index (κ3) is 19.6. The zero-order valence-electron chi connectivity index (χ0n) is 97.0. The summed E-state index contributed by atoms with van der Waals surface area (Å²) in [6, 6.07) is 74.4. The van der Waals surface area contributed by atoms with Crippen LogP contribution in [0.3, 0.4) is 0 Å². The molecule has 5 heteroatoms. The Morgan fingerprint density at radius 3 is 0.960 bits per heavy atom. The van der Waals surface area contributed by atoms with Crippen LogP contribution in [0.4, 0.5) is 0 Å². The van der Waals surface area contributed by atoms with E-state index in [4.69, 9.17) is 1.37 Å². The van der Waals surface area contributed by atoms with Gasteiger partial charge in [0, 0.05) is 63.6 Å².